The molecule has 1 atom stereocenters. The lowest BCUT2D eigenvalue weighted by molar-refractivity contribution is -0.139. The van der Waals surface area contributed by atoms with Crippen LogP contribution in [0.1, 0.15) is 28.9 Å². The monoisotopic (exact) mass is 458 g/mol. The summed E-state index contributed by atoms with van der Waals surface area (Å²) in [7, 11) is -3.51. The molecule has 1 aliphatic rings. The van der Waals surface area contributed by atoms with E-state index in [-0.39, 0.29) is 28.3 Å². The Bertz CT molecular complexity index is 1170. The molecule has 0 unspecified atom stereocenters. The van der Waals surface area contributed by atoms with Crippen molar-refractivity contribution in [3.05, 3.63) is 77.0 Å². The molecule has 32 heavy (non-hydrogen) atoms. The fourth-order valence-corrected chi connectivity index (χ4v) is 3.82. The molecule has 9 nitrogen and oxygen atoms in total. The van der Waals surface area contributed by atoms with Gasteiger partial charge in [0, 0.05) is 6.26 Å². The Morgan fingerprint density at radius 1 is 1.00 bits per heavy atom. The van der Waals surface area contributed by atoms with E-state index >= 15 is 0 Å². The zero-order valence-corrected chi connectivity index (χ0v) is 18.3. The number of carbonyl (C=O) groups is 3. The van der Waals surface area contributed by atoms with Crippen molar-refractivity contribution in [3.63, 3.8) is 0 Å². The van der Waals surface area contributed by atoms with Crippen molar-refractivity contribution in [2.24, 2.45) is 0 Å². The molecule has 0 saturated heterocycles. The highest BCUT2D eigenvalue weighted by Crippen LogP contribution is 2.28. The van der Waals surface area contributed by atoms with Crippen LogP contribution in [0.2, 0.25) is 0 Å². The van der Waals surface area contributed by atoms with Crippen molar-refractivity contribution < 1.29 is 32.3 Å². The highest BCUT2D eigenvalue weighted by Gasteiger charge is 2.34. The fourth-order valence-electron chi connectivity index (χ4n) is 3.15. The molecule has 10 heteroatoms. The average Bonchev–Trinajstić information content (AvgIpc) is 2.77. The normalized spacial score (nSPS) is 16.1. The van der Waals surface area contributed by atoms with Gasteiger partial charge in [0.2, 0.25) is 0 Å². The summed E-state index contributed by atoms with van der Waals surface area (Å²) < 4.78 is 33.9. The smallest absolute Gasteiger partial charge is 0.338 e. The Balaban J connectivity index is 1.91. The van der Waals surface area contributed by atoms with E-state index in [2.05, 4.69) is 10.6 Å². The number of urea groups is 1. The summed E-state index contributed by atoms with van der Waals surface area (Å²) in [4.78, 5) is 37.4. The Morgan fingerprint density at radius 2 is 1.72 bits per heavy atom. The van der Waals surface area contributed by atoms with Gasteiger partial charge < -0.3 is 20.1 Å². The highest BCUT2D eigenvalue weighted by molar-refractivity contribution is 7.90. The molecular formula is C22H22N2O7S. The van der Waals surface area contributed by atoms with Crippen LogP contribution in [0.3, 0.4) is 0 Å². The highest BCUT2D eigenvalue weighted by atomic mass is 32.2. The molecule has 2 amide bonds. The zero-order valence-electron chi connectivity index (χ0n) is 17.5. The standard InChI is InChI=1S/C22H22N2O7S/c1-3-30-21(26)18-17(23-22(27)24-19(18)14-8-5-4-6-9-14)13-31-20(25)15-10-7-11-16(12-15)32(2,28)29/h4-12,19H,3,13H2,1-2H3,(H2,23,24,27)/t19-/m1/s1. The molecule has 168 valence electrons. The van der Waals surface area contributed by atoms with Crippen LogP contribution < -0.4 is 10.6 Å². The van der Waals surface area contributed by atoms with Gasteiger partial charge in [0.1, 0.15) is 6.61 Å². The maximum absolute atomic E-state index is 12.7. The number of ether oxygens (including phenoxy) is 2. The molecule has 0 spiro atoms. The molecule has 0 aromatic heterocycles. The van der Waals surface area contributed by atoms with Crippen LogP contribution in [0.15, 0.2) is 70.8 Å². The van der Waals surface area contributed by atoms with Crippen LogP contribution in [0, 0.1) is 0 Å². The lowest BCUT2D eigenvalue weighted by Gasteiger charge is -2.29. The van der Waals surface area contributed by atoms with E-state index in [0.29, 0.717) is 5.56 Å². The van der Waals surface area contributed by atoms with Gasteiger partial charge in [-0.25, -0.2) is 22.8 Å². The molecule has 0 fully saturated rings. The van der Waals surface area contributed by atoms with Crippen LogP contribution in [-0.2, 0) is 24.1 Å². The second-order valence-electron chi connectivity index (χ2n) is 6.93. The van der Waals surface area contributed by atoms with Gasteiger partial charge in [0.15, 0.2) is 9.84 Å². The molecule has 0 aliphatic carbocycles. The summed E-state index contributed by atoms with van der Waals surface area (Å²) in [5.41, 5.74) is 0.852. The number of amides is 2. The summed E-state index contributed by atoms with van der Waals surface area (Å²) in [6.07, 6.45) is 1.03. The molecule has 2 aromatic rings. The largest absolute Gasteiger partial charge is 0.463 e. The first-order valence-electron chi connectivity index (χ1n) is 9.70. The van der Waals surface area contributed by atoms with Crippen molar-refractivity contribution in [1.29, 1.82) is 0 Å². The minimum atomic E-state index is -3.51. The van der Waals surface area contributed by atoms with E-state index in [1.54, 1.807) is 37.3 Å². The average molecular weight is 458 g/mol. The van der Waals surface area contributed by atoms with Crippen molar-refractivity contribution in [2.75, 3.05) is 19.5 Å². The minimum absolute atomic E-state index is 0.0195. The van der Waals surface area contributed by atoms with Crippen molar-refractivity contribution >= 4 is 27.8 Å². The molecule has 0 bridgehead atoms. The molecule has 2 aromatic carbocycles. The first-order chi connectivity index (χ1) is 15.2. The third kappa shape index (κ3) is 5.33. The summed E-state index contributed by atoms with van der Waals surface area (Å²) in [5.74, 6) is -1.48. The van der Waals surface area contributed by atoms with Gasteiger partial charge in [-0.1, -0.05) is 36.4 Å². The lowest BCUT2D eigenvalue weighted by Crippen LogP contribution is -2.47. The van der Waals surface area contributed by atoms with Gasteiger partial charge in [0.05, 0.1) is 34.4 Å². The first-order valence-corrected chi connectivity index (χ1v) is 11.6. The van der Waals surface area contributed by atoms with Crippen LogP contribution in [0.5, 0.6) is 0 Å². The maximum Gasteiger partial charge on any atom is 0.338 e. The minimum Gasteiger partial charge on any atom is -0.463 e. The second kappa shape index (κ2) is 9.65. The second-order valence-corrected chi connectivity index (χ2v) is 8.95. The van der Waals surface area contributed by atoms with Crippen LogP contribution in [-0.4, -0.2) is 45.9 Å². The summed E-state index contributed by atoms with van der Waals surface area (Å²) in [6, 6.07) is 12.8. The van der Waals surface area contributed by atoms with Gasteiger partial charge >= 0.3 is 18.0 Å². The molecule has 1 heterocycles. The van der Waals surface area contributed by atoms with E-state index in [4.69, 9.17) is 9.47 Å². The van der Waals surface area contributed by atoms with Crippen molar-refractivity contribution in [1.82, 2.24) is 10.6 Å². The number of rotatable bonds is 7. The number of carbonyl (C=O) groups excluding carboxylic acids is 3. The van der Waals surface area contributed by atoms with E-state index in [9.17, 15) is 22.8 Å². The predicted octanol–water partition coefficient (Wildman–Crippen LogP) is 2.12. The predicted molar refractivity (Wildman–Crippen MR) is 114 cm³/mol. The summed E-state index contributed by atoms with van der Waals surface area (Å²) >= 11 is 0. The number of nitrogens with one attached hydrogen (secondary N) is 2. The molecule has 0 saturated carbocycles. The molecule has 1 aliphatic heterocycles. The maximum atomic E-state index is 12.7. The van der Waals surface area contributed by atoms with E-state index < -0.39 is 40.5 Å². The first kappa shape index (κ1) is 23.0. The number of esters is 2. The third-order valence-corrected chi connectivity index (χ3v) is 5.74. The van der Waals surface area contributed by atoms with Crippen LogP contribution >= 0.6 is 0 Å². The summed E-state index contributed by atoms with van der Waals surface area (Å²) in [5, 5.41) is 5.18. The van der Waals surface area contributed by atoms with E-state index in [1.807, 2.05) is 0 Å². The Morgan fingerprint density at radius 3 is 2.38 bits per heavy atom. The van der Waals surface area contributed by atoms with Gasteiger partial charge in [-0.05, 0) is 30.7 Å². The Hall–Kier alpha value is -3.66. The Labute approximate surface area is 185 Å². The van der Waals surface area contributed by atoms with Crippen molar-refractivity contribution in [3.8, 4) is 0 Å². The van der Waals surface area contributed by atoms with Gasteiger partial charge in [0.25, 0.3) is 0 Å². The summed E-state index contributed by atoms with van der Waals surface area (Å²) in [6.45, 7) is 1.34. The number of hydrogen-bond donors (Lipinski definition) is 2. The molecule has 3 rings (SSSR count). The van der Waals surface area contributed by atoms with Gasteiger partial charge in [-0.3, -0.25) is 0 Å². The van der Waals surface area contributed by atoms with Gasteiger partial charge in [-0.15, -0.1) is 0 Å². The van der Waals surface area contributed by atoms with Gasteiger partial charge in [-0.2, -0.15) is 0 Å². The number of hydrogen-bond acceptors (Lipinski definition) is 7. The van der Waals surface area contributed by atoms with Crippen LogP contribution in [0.4, 0.5) is 4.79 Å². The molecule has 2 N–H and O–H groups in total. The molecular weight excluding hydrogens is 436 g/mol. The topological polar surface area (TPSA) is 128 Å². The lowest BCUT2D eigenvalue weighted by atomic mass is 9.95. The number of sulfone groups is 1. The SMILES string of the molecule is CCOC(=O)C1=C(COC(=O)c2cccc(S(C)(=O)=O)c2)NC(=O)N[C@@H]1c1ccccc1. The quantitative estimate of drug-likeness (QED) is 0.608. The van der Waals surface area contributed by atoms with Crippen LogP contribution in [0.25, 0.3) is 0 Å². The number of benzene rings is 2. The van der Waals surface area contributed by atoms with Crippen molar-refractivity contribution in [2.45, 2.75) is 17.9 Å². The third-order valence-electron chi connectivity index (χ3n) is 4.63. The van der Waals surface area contributed by atoms with E-state index in [1.165, 1.54) is 24.3 Å². The van der Waals surface area contributed by atoms with E-state index in [0.717, 1.165) is 6.26 Å². The Kier molecular flexibility index (Phi) is 6.94. The fraction of sp³-hybridized carbons (Fsp3) is 0.227. The molecule has 0 radical (unpaired) electrons. The zero-order chi connectivity index (χ0) is 23.3.